The fourth-order valence-electron chi connectivity index (χ4n) is 3.92. The summed E-state index contributed by atoms with van der Waals surface area (Å²) < 4.78 is 0. The summed E-state index contributed by atoms with van der Waals surface area (Å²) in [5, 5.41) is 8.59. The SMILES string of the molecule is Cc1ccc(-c2cc(-c3ccc(C)cc3)nc(NCCNc3ccnc4cc(Cl)ccc34)n2)cc1. The number of nitrogens with zero attached hydrogens (tertiary/aromatic N) is 3. The molecule has 0 aliphatic heterocycles. The molecule has 5 rings (SSSR count). The highest BCUT2D eigenvalue weighted by Gasteiger charge is 2.09. The Labute approximate surface area is 210 Å². The van der Waals surface area contributed by atoms with Gasteiger partial charge < -0.3 is 10.6 Å². The normalized spacial score (nSPS) is 10.9. The highest BCUT2D eigenvalue weighted by atomic mass is 35.5. The lowest BCUT2D eigenvalue weighted by molar-refractivity contribution is 1.03. The van der Waals surface area contributed by atoms with Gasteiger partial charge in [0.2, 0.25) is 5.95 Å². The molecule has 0 bridgehead atoms. The average Bonchev–Trinajstić information content (AvgIpc) is 2.87. The van der Waals surface area contributed by atoms with Gasteiger partial charge >= 0.3 is 0 Å². The van der Waals surface area contributed by atoms with Crippen LogP contribution in [0.2, 0.25) is 5.02 Å². The van der Waals surface area contributed by atoms with E-state index in [1.807, 2.05) is 30.3 Å². The van der Waals surface area contributed by atoms with Gasteiger partial charge in [-0.05, 0) is 44.2 Å². The predicted molar refractivity (Wildman–Crippen MR) is 146 cm³/mol. The molecule has 0 amide bonds. The lowest BCUT2D eigenvalue weighted by atomic mass is 10.1. The molecule has 0 unspecified atom stereocenters. The quantitative estimate of drug-likeness (QED) is 0.242. The summed E-state index contributed by atoms with van der Waals surface area (Å²) in [7, 11) is 0. The summed E-state index contributed by atoms with van der Waals surface area (Å²) in [4.78, 5) is 14.0. The van der Waals surface area contributed by atoms with Crippen LogP contribution in [0.25, 0.3) is 33.4 Å². The van der Waals surface area contributed by atoms with Crippen molar-refractivity contribution >= 4 is 34.1 Å². The summed E-state index contributed by atoms with van der Waals surface area (Å²) in [5.74, 6) is 0.604. The minimum Gasteiger partial charge on any atom is -0.383 e. The van der Waals surface area contributed by atoms with Crippen LogP contribution in [0.3, 0.4) is 0 Å². The van der Waals surface area contributed by atoms with Crippen LogP contribution in [0.4, 0.5) is 11.6 Å². The molecular formula is C29H26ClN5. The predicted octanol–water partition coefficient (Wildman–Crippen LogP) is 7.15. The molecule has 0 aliphatic rings. The van der Waals surface area contributed by atoms with Gasteiger partial charge in [-0.3, -0.25) is 4.98 Å². The number of benzene rings is 3. The van der Waals surface area contributed by atoms with Crippen LogP contribution in [-0.2, 0) is 0 Å². The average molecular weight is 480 g/mol. The first-order valence-electron chi connectivity index (χ1n) is 11.6. The Hall–Kier alpha value is -3.96. The third-order valence-corrected chi connectivity index (χ3v) is 6.08. The second-order valence-electron chi connectivity index (χ2n) is 8.57. The topological polar surface area (TPSA) is 62.7 Å². The molecule has 0 atom stereocenters. The van der Waals surface area contributed by atoms with E-state index in [-0.39, 0.29) is 0 Å². The van der Waals surface area contributed by atoms with Gasteiger partial charge in [-0.25, -0.2) is 9.97 Å². The van der Waals surface area contributed by atoms with Crippen LogP contribution >= 0.6 is 11.6 Å². The first kappa shape index (κ1) is 22.8. The first-order chi connectivity index (χ1) is 17.0. The van der Waals surface area contributed by atoms with Crippen LogP contribution < -0.4 is 10.6 Å². The van der Waals surface area contributed by atoms with Crippen LogP contribution in [0.15, 0.2) is 85.1 Å². The van der Waals surface area contributed by atoms with Gasteiger partial charge in [0.05, 0.1) is 16.9 Å². The van der Waals surface area contributed by atoms with E-state index in [1.54, 1.807) is 6.20 Å². The van der Waals surface area contributed by atoms with E-state index in [0.29, 0.717) is 24.1 Å². The molecule has 174 valence electrons. The van der Waals surface area contributed by atoms with Gasteiger partial charge in [-0.2, -0.15) is 0 Å². The van der Waals surface area contributed by atoms with E-state index in [9.17, 15) is 0 Å². The Bertz CT molecular complexity index is 1400. The molecule has 2 N–H and O–H groups in total. The van der Waals surface area contributed by atoms with E-state index in [0.717, 1.165) is 39.1 Å². The van der Waals surface area contributed by atoms with Crippen molar-refractivity contribution in [3.05, 3.63) is 101 Å². The zero-order valence-corrected chi connectivity index (χ0v) is 20.5. The molecule has 0 saturated heterocycles. The maximum Gasteiger partial charge on any atom is 0.223 e. The molecule has 0 aliphatic carbocycles. The van der Waals surface area contributed by atoms with Crippen LogP contribution in [-0.4, -0.2) is 28.0 Å². The molecular weight excluding hydrogens is 454 g/mol. The summed E-state index contributed by atoms with van der Waals surface area (Å²) in [6.07, 6.45) is 1.79. The van der Waals surface area contributed by atoms with E-state index < -0.39 is 0 Å². The maximum atomic E-state index is 6.11. The molecule has 2 heterocycles. The largest absolute Gasteiger partial charge is 0.383 e. The van der Waals surface area contributed by atoms with E-state index in [2.05, 4.69) is 78.0 Å². The molecule has 35 heavy (non-hydrogen) atoms. The summed E-state index contributed by atoms with van der Waals surface area (Å²) >= 11 is 6.11. The molecule has 0 saturated carbocycles. The van der Waals surface area contributed by atoms with Crippen molar-refractivity contribution in [3.8, 4) is 22.5 Å². The van der Waals surface area contributed by atoms with Crippen molar-refractivity contribution in [1.29, 1.82) is 0 Å². The Morgan fingerprint density at radius 1 is 0.686 bits per heavy atom. The second-order valence-corrected chi connectivity index (χ2v) is 9.00. The number of halogens is 1. The third-order valence-electron chi connectivity index (χ3n) is 5.85. The molecule has 0 spiro atoms. The molecule has 0 fully saturated rings. The third kappa shape index (κ3) is 5.42. The summed E-state index contributed by atoms with van der Waals surface area (Å²) in [6, 6.07) is 26.6. The number of aromatic nitrogens is 3. The number of fused-ring (bicyclic) bond motifs is 1. The van der Waals surface area contributed by atoms with E-state index in [1.165, 1.54) is 11.1 Å². The van der Waals surface area contributed by atoms with Gasteiger partial charge in [0.1, 0.15) is 0 Å². The number of hydrogen-bond acceptors (Lipinski definition) is 5. The molecule has 0 radical (unpaired) electrons. The zero-order valence-electron chi connectivity index (χ0n) is 19.7. The molecule has 2 aromatic heterocycles. The van der Waals surface area contributed by atoms with Crippen molar-refractivity contribution in [2.45, 2.75) is 13.8 Å². The van der Waals surface area contributed by atoms with Crippen molar-refractivity contribution in [2.75, 3.05) is 23.7 Å². The van der Waals surface area contributed by atoms with Crippen molar-refractivity contribution < 1.29 is 0 Å². The number of rotatable bonds is 7. The first-order valence-corrected chi connectivity index (χ1v) is 12.0. The number of anilines is 2. The number of nitrogens with one attached hydrogen (secondary N) is 2. The Morgan fingerprint density at radius 2 is 1.29 bits per heavy atom. The number of aryl methyl sites for hydroxylation is 2. The van der Waals surface area contributed by atoms with Gasteiger partial charge in [0.15, 0.2) is 0 Å². The highest BCUT2D eigenvalue weighted by molar-refractivity contribution is 6.31. The fourth-order valence-corrected chi connectivity index (χ4v) is 4.08. The molecule has 5 aromatic rings. The fraction of sp³-hybridized carbons (Fsp3) is 0.138. The Kier molecular flexibility index (Phi) is 6.59. The van der Waals surface area contributed by atoms with Crippen molar-refractivity contribution in [1.82, 2.24) is 15.0 Å². The second kappa shape index (κ2) is 10.1. The Balaban J connectivity index is 1.36. The number of hydrogen-bond donors (Lipinski definition) is 2. The highest BCUT2D eigenvalue weighted by Crippen LogP contribution is 2.26. The van der Waals surface area contributed by atoms with Crippen LogP contribution in [0.1, 0.15) is 11.1 Å². The lowest BCUT2D eigenvalue weighted by Crippen LogP contribution is -2.15. The van der Waals surface area contributed by atoms with Gasteiger partial charge in [0.25, 0.3) is 0 Å². The maximum absolute atomic E-state index is 6.11. The van der Waals surface area contributed by atoms with Crippen molar-refractivity contribution in [2.24, 2.45) is 0 Å². The standard InChI is InChI=1S/C29H26ClN5/c1-19-3-7-21(8-4-19)26-18-27(22-9-5-20(2)6-10-22)35-29(34-26)33-16-15-32-25-13-14-31-28-17-23(30)11-12-24(25)28/h3-14,17-18H,15-16H2,1-2H3,(H,31,32)(H,33,34,35). The lowest BCUT2D eigenvalue weighted by Gasteiger charge is -2.12. The number of pyridine rings is 1. The smallest absolute Gasteiger partial charge is 0.223 e. The van der Waals surface area contributed by atoms with Gasteiger partial charge in [-0.1, -0.05) is 71.3 Å². The van der Waals surface area contributed by atoms with Gasteiger partial charge in [-0.15, -0.1) is 0 Å². The van der Waals surface area contributed by atoms with Crippen molar-refractivity contribution in [3.63, 3.8) is 0 Å². The molecule has 5 nitrogen and oxygen atoms in total. The van der Waals surface area contributed by atoms with E-state index >= 15 is 0 Å². The molecule has 3 aromatic carbocycles. The minimum atomic E-state index is 0.604. The Morgan fingerprint density at radius 3 is 1.91 bits per heavy atom. The minimum absolute atomic E-state index is 0.604. The summed E-state index contributed by atoms with van der Waals surface area (Å²) in [6.45, 7) is 5.52. The monoisotopic (exact) mass is 479 g/mol. The van der Waals surface area contributed by atoms with Gasteiger partial charge in [0, 0.05) is 46.5 Å². The van der Waals surface area contributed by atoms with Crippen LogP contribution in [0.5, 0.6) is 0 Å². The van der Waals surface area contributed by atoms with E-state index in [4.69, 9.17) is 21.6 Å². The zero-order chi connectivity index (χ0) is 24.2. The van der Waals surface area contributed by atoms with Crippen LogP contribution in [0, 0.1) is 13.8 Å². The summed E-state index contributed by atoms with van der Waals surface area (Å²) in [5.41, 5.74) is 8.24. The molecule has 6 heteroatoms.